The summed E-state index contributed by atoms with van der Waals surface area (Å²) in [5.41, 5.74) is -0.278. The molecule has 1 fully saturated rings. The van der Waals surface area contributed by atoms with Crippen LogP contribution in [0.3, 0.4) is 0 Å². The van der Waals surface area contributed by atoms with E-state index in [4.69, 9.17) is 0 Å². The molecule has 0 amide bonds. The average molecular weight is 237 g/mol. The first-order chi connectivity index (χ1) is 8.08. The first-order valence-corrected chi connectivity index (χ1v) is 6.96. The summed E-state index contributed by atoms with van der Waals surface area (Å²) in [4.78, 5) is 2.46. The largest absolute Gasteiger partial charge is 0.301 e. The van der Waals surface area contributed by atoms with Gasteiger partial charge in [0.15, 0.2) is 0 Å². The molecule has 0 radical (unpaired) electrons. The highest BCUT2D eigenvalue weighted by molar-refractivity contribution is 5.11. The molecular weight excluding hydrogens is 210 g/mol. The third-order valence-electron chi connectivity index (χ3n) is 4.32. The van der Waals surface area contributed by atoms with E-state index in [1.165, 1.54) is 12.8 Å². The Morgan fingerprint density at radius 1 is 1.53 bits per heavy atom. The van der Waals surface area contributed by atoms with Gasteiger partial charge >= 0.3 is 0 Å². The second kappa shape index (κ2) is 6.37. The molecule has 3 atom stereocenters. The Kier molecular flexibility index (Phi) is 5.42. The van der Waals surface area contributed by atoms with Crippen molar-refractivity contribution >= 4 is 0 Å². The van der Waals surface area contributed by atoms with Crippen molar-refractivity contribution in [1.82, 2.24) is 10.2 Å². The molecule has 3 heteroatoms. The van der Waals surface area contributed by atoms with E-state index in [0.717, 1.165) is 25.8 Å². The zero-order chi connectivity index (χ0) is 12.9. The van der Waals surface area contributed by atoms with Crippen molar-refractivity contribution in [3.63, 3.8) is 0 Å². The lowest BCUT2D eigenvalue weighted by atomic mass is 9.79. The van der Waals surface area contributed by atoms with Crippen LogP contribution in [0.2, 0.25) is 0 Å². The molecule has 1 aliphatic rings. The molecule has 98 valence electrons. The fourth-order valence-electron chi connectivity index (χ4n) is 2.88. The van der Waals surface area contributed by atoms with Crippen molar-refractivity contribution in [2.75, 3.05) is 13.6 Å². The van der Waals surface area contributed by atoms with Gasteiger partial charge in [-0.05, 0) is 52.6 Å². The van der Waals surface area contributed by atoms with Crippen LogP contribution in [-0.2, 0) is 0 Å². The first kappa shape index (κ1) is 14.5. The van der Waals surface area contributed by atoms with E-state index in [0.29, 0.717) is 12.1 Å². The van der Waals surface area contributed by atoms with Crippen LogP contribution in [0.15, 0.2) is 0 Å². The minimum atomic E-state index is -0.278. The Labute approximate surface area is 106 Å². The molecule has 1 saturated carbocycles. The van der Waals surface area contributed by atoms with Crippen molar-refractivity contribution in [3.8, 4) is 6.07 Å². The third kappa shape index (κ3) is 3.43. The zero-order valence-electron chi connectivity index (χ0n) is 11.8. The normalized spacial score (nSPS) is 31.2. The lowest BCUT2D eigenvalue weighted by Crippen LogP contribution is -2.53. The van der Waals surface area contributed by atoms with Crippen LogP contribution in [0.1, 0.15) is 52.9 Å². The minimum absolute atomic E-state index is 0.278. The molecule has 1 aliphatic carbocycles. The molecule has 0 aromatic heterocycles. The van der Waals surface area contributed by atoms with Gasteiger partial charge in [-0.1, -0.05) is 13.8 Å². The number of hydrogen-bond acceptors (Lipinski definition) is 3. The van der Waals surface area contributed by atoms with E-state index in [9.17, 15) is 5.26 Å². The number of hydrogen-bond donors (Lipinski definition) is 1. The van der Waals surface area contributed by atoms with Crippen molar-refractivity contribution in [2.45, 2.75) is 70.5 Å². The van der Waals surface area contributed by atoms with Crippen molar-refractivity contribution in [1.29, 1.82) is 5.26 Å². The smallest absolute Gasteiger partial charge is 0.108 e. The summed E-state index contributed by atoms with van der Waals surface area (Å²) in [7, 11) is 2.21. The number of nitrogens with one attached hydrogen (secondary N) is 1. The Morgan fingerprint density at radius 3 is 2.76 bits per heavy atom. The molecule has 0 saturated heterocycles. The molecule has 0 spiro atoms. The van der Waals surface area contributed by atoms with E-state index in [1.807, 2.05) is 0 Å². The lowest BCUT2D eigenvalue weighted by Gasteiger charge is -2.42. The molecule has 3 nitrogen and oxygen atoms in total. The van der Waals surface area contributed by atoms with Crippen LogP contribution >= 0.6 is 0 Å². The summed E-state index contributed by atoms with van der Waals surface area (Å²) in [6, 6.07) is 3.68. The number of rotatable bonds is 5. The molecule has 0 aromatic carbocycles. The van der Waals surface area contributed by atoms with Gasteiger partial charge in [-0.3, -0.25) is 5.32 Å². The Morgan fingerprint density at radius 2 is 2.24 bits per heavy atom. The van der Waals surface area contributed by atoms with Crippen LogP contribution in [0.5, 0.6) is 0 Å². The standard InChI is InChI=1S/C14H27N3/c1-5-12(3)17(4)13-8-7-9-14(10-13,11-15)16-6-2/h12-13,16H,5-10H2,1-4H3. The number of nitrogens with zero attached hydrogens (tertiary/aromatic N) is 2. The van der Waals surface area contributed by atoms with Gasteiger partial charge in [0.2, 0.25) is 0 Å². The molecular formula is C14H27N3. The summed E-state index contributed by atoms with van der Waals surface area (Å²) in [5.74, 6) is 0. The SMILES string of the molecule is CCNC1(C#N)CCCC(N(C)C(C)CC)C1. The van der Waals surface area contributed by atoms with Gasteiger partial charge in [0.25, 0.3) is 0 Å². The van der Waals surface area contributed by atoms with Gasteiger partial charge in [0.05, 0.1) is 6.07 Å². The van der Waals surface area contributed by atoms with Gasteiger partial charge in [-0.25, -0.2) is 0 Å². The maximum absolute atomic E-state index is 9.44. The van der Waals surface area contributed by atoms with Crippen LogP contribution < -0.4 is 5.32 Å². The summed E-state index contributed by atoms with van der Waals surface area (Å²) in [6.45, 7) is 7.47. The second-order valence-electron chi connectivity index (χ2n) is 5.40. The van der Waals surface area contributed by atoms with Gasteiger partial charge in [-0.2, -0.15) is 5.26 Å². The monoisotopic (exact) mass is 237 g/mol. The quantitative estimate of drug-likeness (QED) is 0.798. The highest BCUT2D eigenvalue weighted by Crippen LogP contribution is 2.31. The first-order valence-electron chi connectivity index (χ1n) is 6.96. The van der Waals surface area contributed by atoms with E-state index in [1.54, 1.807) is 0 Å². The molecule has 1 rings (SSSR count). The van der Waals surface area contributed by atoms with E-state index in [-0.39, 0.29) is 5.54 Å². The fraction of sp³-hybridized carbons (Fsp3) is 0.929. The van der Waals surface area contributed by atoms with Gasteiger partial charge in [0, 0.05) is 12.1 Å². The summed E-state index contributed by atoms with van der Waals surface area (Å²) >= 11 is 0. The van der Waals surface area contributed by atoms with Gasteiger partial charge in [-0.15, -0.1) is 0 Å². The summed E-state index contributed by atoms with van der Waals surface area (Å²) < 4.78 is 0. The van der Waals surface area contributed by atoms with Gasteiger partial charge < -0.3 is 4.90 Å². The average Bonchev–Trinajstić information content (AvgIpc) is 2.37. The zero-order valence-corrected chi connectivity index (χ0v) is 11.8. The molecule has 17 heavy (non-hydrogen) atoms. The van der Waals surface area contributed by atoms with Crippen molar-refractivity contribution in [3.05, 3.63) is 0 Å². The van der Waals surface area contributed by atoms with Crippen molar-refractivity contribution < 1.29 is 0 Å². The van der Waals surface area contributed by atoms with Crippen LogP contribution in [0, 0.1) is 11.3 Å². The predicted octanol–water partition coefficient (Wildman–Crippen LogP) is 2.53. The number of nitriles is 1. The van der Waals surface area contributed by atoms with E-state index in [2.05, 4.69) is 44.1 Å². The molecule has 0 bridgehead atoms. The van der Waals surface area contributed by atoms with Crippen LogP contribution in [0.4, 0.5) is 0 Å². The molecule has 0 aromatic rings. The van der Waals surface area contributed by atoms with E-state index >= 15 is 0 Å². The second-order valence-corrected chi connectivity index (χ2v) is 5.40. The summed E-state index contributed by atoms with van der Waals surface area (Å²) in [5, 5.41) is 12.8. The Balaban J connectivity index is 2.68. The Bertz CT molecular complexity index is 267. The van der Waals surface area contributed by atoms with Crippen LogP contribution in [0.25, 0.3) is 0 Å². The highest BCUT2D eigenvalue weighted by atomic mass is 15.2. The predicted molar refractivity (Wildman–Crippen MR) is 71.8 cm³/mol. The topological polar surface area (TPSA) is 39.1 Å². The summed E-state index contributed by atoms with van der Waals surface area (Å²) in [6.07, 6.45) is 5.54. The molecule has 0 aliphatic heterocycles. The van der Waals surface area contributed by atoms with Crippen LogP contribution in [-0.4, -0.2) is 36.1 Å². The Hall–Kier alpha value is -0.590. The third-order valence-corrected chi connectivity index (χ3v) is 4.32. The molecule has 0 heterocycles. The minimum Gasteiger partial charge on any atom is -0.301 e. The maximum Gasteiger partial charge on any atom is 0.108 e. The fourth-order valence-corrected chi connectivity index (χ4v) is 2.88. The molecule has 3 unspecified atom stereocenters. The highest BCUT2D eigenvalue weighted by Gasteiger charge is 2.37. The maximum atomic E-state index is 9.44. The lowest BCUT2D eigenvalue weighted by molar-refractivity contribution is 0.111. The van der Waals surface area contributed by atoms with Gasteiger partial charge in [0.1, 0.15) is 5.54 Å². The van der Waals surface area contributed by atoms with Crippen molar-refractivity contribution in [2.24, 2.45) is 0 Å². The van der Waals surface area contributed by atoms with E-state index < -0.39 is 0 Å². The molecule has 1 N–H and O–H groups in total.